The maximum atomic E-state index is 12.0. The summed E-state index contributed by atoms with van der Waals surface area (Å²) in [5.41, 5.74) is 8.55. The van der Waals surface area contributed by atoms with Crippen molar-refractivity contribution >= 4 is 10.8 Å². The second-order valence-corrected chi connectivity index (χ2v) is 6.76. The lowest BCUT2D eigenvalue weighted by molar-refractivity contribution is 0.662. The Hall–Kier alpha value is -0.670. The first-order valence-electron chi connectivity index (χ1n) is 6.80. The minimum Gasteiger partial charge on any atom is -0.323 e. The van der Waals surface area contributed by atoms with E-state index in [1.54, 1.807) is 0 Å². The third-order valence-corrected chi connectivity index (χ3v) is 5.23. The van der Waals surface area contributed by atoms with Crippen LogP contribution < -0.4 is 5.73 Å². The van der Waals surface area contributed by atoms with E-state index in [-0.39, 0.29) is 11.3 Å². The largest absolute Gasteiger partial charge is 0.323 e. The van der Waals surface area contributed by atoms with Gasteiger partial charge in [-0.05, 0) is 24.0 Å². The monoisotopic (exact) mass is 267 g/mol. The van der Waals surface area contributed by atoms with Crippen LogP contribution in [0.1, 0.15) is 50.8 Å². The third-order valence-electron chi connectivity index (χ3n) is 3.31. The van der Waals surface area contributed by atoms with Gasteiger partial charge >= 0.3 is 0 Å². The Morgan fingerprint density at radius 1 is 1.22 bits per heavy atom. The number of benzene rings is 1. The number of nitrogens with two attached hydrogens (primary N) is 1. The molecule has 102 valence electrons. The van der Waals surface area contributed by atoms with E-state index in [1.807, 2.05) is 6.92 Å². The summed E-state index contributed by atoms with van der Waals surface area (Å²) in [6, 6.07) is 8.29. The molecule has 0 spiro atoms. The van der Waals surface area contributed by atoms with Crippen LogP contribution in [0, 0.1) is 0 Å². The summed E-state index contributed by atoms with van der Waals surface area (Å²) in [6.07, 6.45) is 3.20. The van der Waals surface area contributed by atoms with Crippen molar-refractivity contribution < 1.29 is 4.21 Å². The summed E-state index contributed by atoms with van der Waals surface area (Å²) in [4.78, 5) is 0. The molecule has 1 rings (SSSR count). The van der Waals surface area contributed by atoms with Crippen LogP contribution in [0.3, 0.4) is 0 Å². The highest BCUT2D eigenvalue weighted by molar-refractivity contribution is 7.85. The first-order valence-corrected chi connectivity index (χ1v) is 8.18. The third kappa shape index (κ3) is 4.54. The number of rotatable bonds is 7. The molecule has 3 unspecified atom stereocenters. The zero-order valence-electron chi connectivity index (χ0n) is 11.7. The highest BCUT2D eigenvalue weighted by atomic mass is 32.2. The fourth-order valence-corrected chi connectivity index (χ4v) is 3.09. The molecule has 18 heavy (non-hydrogen) atoms. The summed E-state index contributed by atoms with van der Waals surface area (Å²) in [7, 11) is -0.829. The molecule has 0 radical (unpaired) electrons. The van der Waals surface area contributed by atoms with Crippen molar-refractivity contribution in [3.05, 3.63) is 35.4 Å². The molecule has 0 aliphatic rings. The van der Waals surface area contributed by atoms with Gasteiger partial charge in [0.05, 0.1) is 0 Å². The zero-order valence-corrected chi connectivity index (χ0v) is 12.5. The fraction of sp³-hybridized carbons (Fsp3) is 0.600. The zero-order chi connectivity index (χ0) is 13.5. The lowest BCUT2D eigenvalue weighted by Gasteiger charge is -2.15. The molecule has 0 aliphatic heterocycles. The molecule has 0 aliphatic carbocycles. The van der Waals surface area contributed by atoms with Crippen LogP contribution in [0.4, 0.5) is 0 Å². The molecule has 0 amide bonds. The highest BCUT2D eigenvalue weighted by Crippen LogP contribution is 2.15. The summed E-state index contributed by atoms with van der Waals surface area (Å²) in [5.74, 6) is 0.558. The van der Waals surface area contributed by atoms with Crippen LogP contribution in [0.25, 0.3) is 0 Å². The van der Waals surface area contributed by atoms with Crippen LogP contribution in [-0.4, -0.2) is 15.2 Å². The summed E-state index contributed by atoms with van der Waals surface area (Å²) in [6.45, 7) is 6.26. The van der Waals surface area contributed by atoms with Gasteiger partial charge in [-0.2, -0.15) is 0 Å². The Morgan fingerprint density at radius 3 is 2.33 bits per heavy atom. The minimum atomic E-state index is -0.829. The molecule has 0 bridgehead atoms. The van der Waals surface area contributed by atoms with E-state index in [1.165, 1.54) is 5.56 Å². The SMILES string of the molecule is CCCc1ccc(C(N)CS(=O)C(C)CC)cc1. The van der Waals surface area contributed by atoms with E-state index < -0.39 is 10.8 Å². The van der Waals surface area contributed by atoms with Crippen LogP contribution in [-0.2, 0) is 17.2 Å². The number of hydrogen-bond acceptors (Lipinski definition) is 2. The Bertz CT molecular complexity index is 375. The maximum Gasteiger partial charge on any atom is 0.0431 e. The smallest absolute Gasteiger partial charge is 0.0431 e. The predicted octanol–water partition coefficient (Wildman–Crippen LogP) is 3.19. The summed E-state index contributed by atoms with van der Waals surface area (Å²) >= 11 is 0. The average molecular weight is 267 g/mol. The minimum absolute atomic E-state index is 0.115. The van der Waals surface area contributed by atoms with Gasteiger partial charge in [0.15, 0.2) is 0 Å². The predicted molar refractivity (Wildman–Crippen MR) is 80.1 cm³/mol. The Labute approximate surface area is 113 Å². The highest BCUT2D eigenvalue weighted by Gasteiger charge is 2.14. The molecule has 0 heterocycles. The molecule has 0 fully saturated rings. The summed E-state index contributed by atoms with van der Waals surface area (Å²) in [5, 5.41) is 0.232. The van der Waals surface area contributed by atoms with Gasteiger partial charge in [-0.15, -0.1) is 0 Å². The van der Waals surface area contributed by atoms with Crippen molar-refractivity contribution in [1.29, 1.82) is 0 Å². The lowest BCUT2D eigenvalue weighted by atomic mass is 10.0. The molecular formula is C15H25NOS. The van der Waals surface area contributed by atoms with Crippen molar-refractivity contribution in [2.45, 2.75) is 51.3 Å². The standard InChI is InChI=1S/C15H25NOS/c1-4-6-13-7-9-14(10-8-13)15(16)11-18(17)12(3)5-2/h7-10,12,15H,4-6,11,16H2,1-3H3. The van der Waals surface area contributed by atoms with Crippen molar-refractivity contribution in [3.8, 4) is 0 Å². The van der Waals surface area contributed by atoms with Crippen molar-refractivity contribution in [3.63, 3.8) is 0 Å². The van der Waals surface area contributed by atoms with Crippen LogP contribution in [0.15, 0.2) is 24.3 Å². The molecule has 1 aromatic rings. The van der Waals surface area contributed by atoms with Crippen LogP contribution >= 0.6 is 0 Å². The van der Waals surface area contributed by atoms with Gasteiger partial charge in [-0.1, -0.05) is 51.5 Å². The maximum absolute atomic E-state index is 12.0. The van der Waals surface area contributed by atoms with Gasteiger partial charge < -0.3 is 5.73 Å². The average Bonchev–Trinajstić information content (AvgIpc) is 2.38. The molecule has 3 heteroatoms. The number of aryl methyl sites for hydroxylation is 1. The topological polar surface area (TPSA) is 43.1 Å². The fourth-order valence-electron chi connectivity index (χ4n) is 1.84. The summed E-state index contributed by atoms with van der Waals surface area (Å²) < 4.78 is 12.0. The van der Waals surface area contributed by atoms with Gasteiger partial charge in [0, 0.05) is 27.8 Å². The Balaban J connectivity index is 2.61. The van der Waals surface area contributed by atoms with E-state index >= 15 is 0 Å². The molecule has 1 aromatic carbocycles. The van der Waals surface area contributed by atoms with Gasteiger partial charge in [-0.25, -0.2) is 0 Å². The number of hydrogen-bond donors (Lipinski definition) is 1. The normalized spacial score (nSPS) is 16.2. The molecule has 0 aromatic heterocycles. The molecule has 2 N–H and O–H groups in total. The van der Waals surface area contributed by atoms with E-state index in [0.29, 0.717) is 5.75 Å². The van der Waals surface area contributed by atoms with Gasteiger partial charge in [-0.3, -0.25) is 4.21 Å². The van der Waals surface area contributed by atoms with E-state index in [0.717, 1.165) is 24.8 Å². The van der Waals surface area contributed by atoms with Crippen molar-refractivity contribution in [1.82, 2.24) is 0 Å². The Morgan fingerprint density at radius 2 is 1.83 bits per heavy atom. The molecule has 2 nitrogen and oxygen atoms in total. The first-order chi connectivity index (χ1) is 8.58. The van der Waals surface area contributed by atoms with Gasteiger partial charge in [0.2, 0.25) is 0 Å². The molecule has 0 saturated carbocycles. The van der Waals surface area contributed by atoms with Gasteiger partial charge in [0.25, 0.3) is 0 Å². The second-order valence-electron chi connectivity index (χ2n) is 4.86. The second kappa shape index (κ2) is 7.70. The molecule has 0 saturated heterocycles. The first kappa shape index (κ1) is 15.4. The van der Waals surface area contributed by atoms with Crippen molar-refractivity contribution in [2.24, 2.45) is 5.73 Å². The van der Waals surface area contributed by atoms with E-state index in [2.05, 4.69) is 38.1 Å². The molecular weight excluding hydrogens is 242 g/mol. The lowest BCUT2D eigenvalue weighted by Crippen LogP contribution is -2.23. The van der Waals surface area contributed by atoms with E-state index in [9.17, 15) is 4.21 Å². The van der Waals surface area contributed by atoms with Crippen LogP contribution in [0.5, 0.6) is 0 Å². The Kier molecular flexibility index (Phi) is 6.58. The molecule has 3 atom stereocenters. The van der Waals surface area contributed by atoms with Crippen LogP contribution in [0.2, 0.25) is 0 Å². The quantitative estimate of drug-likeness (QED) is 0.824. The van der Waals surface area contributed by atoms with Crippen molar-refractivity contribution in [2.75, 3.05) is 5.75 Å². The van der Waals surface area contributed by atoms with E-state index in [4.69, 9.17) is 5.73 Å². The van der Waals surface area contributed by atoms with Gasteiger partial charge in [0.1, 0.15) is 0 Å².